The van der Waals surface area contributed by atoms with Crippen molar-refractivity contribution < 1.29 is 19.0 Å². The fourth-order valence-corrected chi connectivity index (χ4v) is 4.30. The van der Waals surface area contributed by atoms with Gasteiger partial charge >= 0.3 is 0 Å². The minimum atomic E-state index is 0.0916. The highest BCUT2D eigenvalue weighted by molar-refractivity contribution is 7.07. The molecule has 0 atom stereocenters. The van der Waals surface area contributed by atoms with E-state index in [1.807, 2.05) is 60.0 Å². The fraction of sp³-hybridized carbons (Fsp3) is 0.0769. The van der Waals surface area contributed by atoms with Crippen LogP contribution in [0.3, 0.4) is 0 Å². The second-order valence-electron chi connectivity index (χ2n) is 7.32. The van der Waals surface area contributed by atoms with Gasteiger partial charge in [0.1, 0.15) is 34.2 Å². The molecule has 34 heavy (non-hydrogen) atoms. The molecular formula is C26H21N3O4S. The van der Waals surface area contributed by atoms with Gasteiger partial charge in [0.05, 0.1) is 20.4 Å². The lowest BCUT2D eigenvalue weighted by atomic mass is 10.2. The molecule has 0 aliphatic rings. The summed E-state index contributed by atoms with van der Waals surface area (Å²) in [6.07, 6.45) is 1.57. The molecule has 0 saturated heterocycles. The van der Waals surface area contributed by atoms with Crippen LogP contribution in [0.15, 0.2) is 92.7 Å². The summed E-state index contributed by atoms with van der Waals surface area (Å²) in [6, 6.07) is 22.3. The molecule has 170 valence electrons. The first-order valence-electron chi connectivity index (χ1n) is 10.4. The molecule has 5 aromatic rings. The van der Waals surface area contributed by atoms with Crippen molar-refractivity contribution in [3.8, 4) is 28.7 Å². The van der Waals surface area contributed by atoms with Gasteiger partial charge in [-0.3, -0.25) is 0 Å². The van der Waals surface area contributed by atoms with Gasteiger partial charge in [-0.2, -0.15) is 5.10 Å². The monoisotopic (exact) mass is 471 g/mol. The number of aromatic nitrogens is 1. The average Bonchev–Trinajstić information content (AvgIpc) is 3.47. The van der Waals surface area contributed by atoms with Crippen molar-refractivity contribution in [2.24, 2.45) is 10.1 Å². The van der Waals surface area contributed by atoms with Gasteiger partial charge in [0.25, 0.3) is 0 Å². The van der Waals surface area contributed by atoms with Crippen LogP contribution in [0.25, 0.3) is 22.4 Å². The summed E-state index contributed by atoms with van der Waals surface area (Å²) < 4.78 is 18.5. The number of hydrogen-bond donors (Lipinski definition) is 1. The van der Waals surface area contributed by atoms with E-state index < -0.39 is 0 Å². The minimum Gasteiger partial charge on any atom is -0.507 e. The van der Waals surface area contributed by atoms with E-state index in [2.05, 4.69) is 5.10 Å². The molecule has 2 aromatic heterocycles. The minimum absolute atomic E-state index is 0.0916. The second kappa shape index (κ2) is 9.29. The third-order valence-corrected chi connectivity index (χ3v) is 6.03. The standard InChI is InChI=1S/C26H21N3O4S/c1-31-19-11-12-22(30)18(13-19)15-27-29-21(25-14-17-7-3-5-9-23(17)33-25)16-34-26(29)28-20-8-4-6-10-24(20)32-2/h3-16,30H,1-2H3. The van der Waals surface area contributed by atoms with Gasteiger partial charge in [-0.05, 0) is 42.5 Å². The Bertz CT molecular complexity index is 1530. The normalized spacial score (nSPS) is 12.0. The maximum Gasteiger partial charge on any atom is 0.211 e. The summed E-state index contributed by atoms with van der Waals surface area (Å²) in [5, 5.41) is 17.9. The van der Waals surface area contributed by atoms with Crippen LogP contribution in [-0.2, 0) is 0 Å². The lowest BCUT2D eigenvalue weighted by molar-refractivity contribution is 0.412. The molecule has 5 rings (SSSR count). The zero-order valence-corrected chi connectivity index (χ0v) is 19.3. The molecule has 0 spiro atoms. The third kappa shape index (κ3) is 4.18. The quantitative estimate of drug-likeness (QED) is 0.317. The number of thiazole rings is 1. The topological polar surface area (TPSA) is 81.5 Å². The van der Waals surface area contributed by atoms with Crippen LogP contribution in [0.5, 0.6) is 17.2 Å². The van der Waals surface area contributed by atoms with Gasteiger partial charge < -0.3 is 19.0 Å². The first-order chi connectivity index (χ1) is 16.7. The summed E-state index contributed by atoms with van der Waals surface area (Å²) in [4.78, 5) is 5.40. The molecule has 0 bridgehead atoms. The van der Waals surface area contributed by atoms with E-state index in [4.69, 9.17) is 18.9 Å². The Morgan fingerprint density at radius 3 is 2.62 bits per heavy atom. The predicted octanol–water partition coefficient (Wildman–Crippen LogP) is 5.80. The summed E-state index contributed by atoms with van der Waals surface area (Å²) in [5.74, 6) is 2.02. The molecule has 0 radical (unpaired) electrons. The largest absolute Gasteiger partial charge is 0.507 e. The predicted molar refractivity (Wildman–Crippen MR) is 133 cm³/mol. The molecule has 1 N–H and O–H groups in total. The number of methoxy groups -OCH3 is 2. The molecule has 0 saturated carbocycles. The maximum atomic E-state index is 10.3. The van der Waals surface area contributed by atoms with E-state index in [0.717, 1.165) is 16.7 Å². The van der Waals surface area contributed by atoms with Gasteiger partial charge in [-0.25, -0.2) is 9.67 Å². The van der Waals surface area contributed by atoms with Gasteiger partial charge in [0, 0.05) is 16.3 Å². The molecular weight excluding hydrogens is 450 g/mol. The van der Waals surface area contributed by atoms with E-state index in [0.29, 0.717) is 33.3 Å². The molecule has 7 nitrogen and oxygen atoms in total. The fourth-order valence-electron chi connectivity index (χ4n) is 3.48. The summed E-state index contributed by atoms with van der Waals surface area (Å²) >= 11 is 1.42. The Balaban J connectivity index is 1.68. The van der Waals surface area contributed by atoms with Crippen molar-refractivity contribution in [1.82, 2.24) is 4.68 Å². The second-order valence-corrected chi connectivity index (χ2v) is 8.15. The lowest BCUT2D eigenvalue weighted by Crippen LogP contribution is -2.11. The van der Waals surface area contributed by atoms with E-state index in [1.165, 1.54) is 11.3 Å². The van der Waals surface area contributed by atoms with Crippen LogP contribution < -0.4 is 14.3 Å². The zero-order chi connectivity index (χ0) is 23.5. The number of furan rings is 1. The highest BCUT2D eigenvalue weighted by atomic mass is 32.1. The number of hydrogen-bond acceptors (Lipinski definition) is 7. The Hall–Kier alpha value is -4.30. The number of phenols is 1. The highest BCUT2D eigenvalue weighted by Crippen LogP contribution is 2.30. The summed E-state index contributed by atoms with van der Waals surface area (Å²) in [6.45, 7) is 0. The van der Waals surface area contributed by atoms with Gasteiger partial charge in [0.2, 0.25) is 4.80 Å². The van der Waals surface area contributed by atoms with Crippen LogP contribution in [0, 0.1) is 0 Å². The Morgan fingerprint density at radius 1 is 0.971 bits per heavy atom. The number of rotatable bonds is 6. The van der Waals surface area contributed by atoms with Crippen LogP contribution in [0.4, 0.5) is 5.69 Å². The van der Waals surface area contributed by atoms with Gasteiger partial charge in [-0.1, -0.05) is 30.3 Å². The highest BCUT2D eigenvalue weighted by Gasteiger charge is 2.14. The zero-order valence-electron chi connectivity index (χ0n) is 18.5. The van der Waals surface area contributed by atoms with Crippen LogP contribution in [0.1, 0.15) is 5.56 Å². The van der Waals surface area contributed by atoms with Crippen LogP contribution >= 0.6 is 11.3 Å². The van der Waals surface area contributed by atoms with E-state index >= 15 is 0 Å². The number of fused-ring (bicyclic) bond motifs is 1. The number of aromatic hydroxyl groups is 1. The maximum absolute atomic E-state index is 10.3. The summed E-state index contributed by atoms with van der Waals surface area (Å²) in [7, 11) is 3.19. The van der Waals surface area contributed by atoms with E-state index in [1.54, 1.807) is 43.3 Å². The van der Waals surface area contributed by atoms with Crippen molar-refractivity contribution in [2.45, 2.75) is 0 Å². The number of phenolic OH excluding ortho intramolecular Hbond substituents is 1. The molecule has 8 heteroatoms. The van der Waals surface area contributed by atoms with E-state index in [-0.39, 0.29) is 5.75 Å². The number of ether oxygens (including phenoxy) is 2. The molecule has 3 aromatic carbocycles. The number of benzene rings is 3. The number of para-hydroxylation sites is 3. The average molecular weight is 472 g/mol. The summed E-state index contributed by atoms with van der Waals surface area (Å²) in [5.41, 5.74) is 2.70. The van der Waals surface area contributed by atoms with Crippen molar-refractivity contribution in [3.05, 3.63) is 88.5 Å². The Labute approximate surface area is 199 Å². The van der Waals surface area contributed by atoms with Crippen molar-refractivity contribution in [1.29, 1.82) is 0 Å². The Kier molecular flexibility index (Phi) is 5.88. The molecule has 0 unspecified atom stereocenters. The van der Waals surface area contributed by atoms with Gasteiger partial charge in [-0.15, -0.1) is 11.3 Å². The first kappa shape index (κ1) is 21.5. The lowest BCUT2D eigenvalue weighted by Gasteiger charge is -2.05. The van der Waals surface area contributed by atoms with Crippen LogP contribution in [-0.4, -0.2) is 30.2 Å². The van der Waals surface area contributed by atoms with Crippen molar-refractivity contribution in [3.63, 3.8) is 0 Å². The smallest absolute Gasteiger partial charge is 0.211 e. The van der Waals surface area contributed by atoms with Crippen molar-refractivity contribution >= 4 is 34.2 Å². The molecule has 0 aliphatic carbocycles. The first-order valence-corrected chi connectivity index (χ1v) is 11.3. The molecule has 0 aliphatic heterocycles. The molecule has 2 heterocycles. The SMILES string of the molecule is COc1ccc(O)c(C=Nn2c(-c3cc4ccccc4o3)csc2=Nc2ccccc2OC)c1. The third-order valence-electron chi connectivity index (χ3n) is 5.21. The number of nitrogens with zero attached hydrogens (tertiary/aromatic N) is 3. The van der Waals surface area contributed by atoms with Crippen molar-refractivity contribution in [2.75, 3.05) is 14.2 Å². The Morgan fingerprint density at radius 2 is 1.79 bits per heavy atom. The molecule has 0 fully saturated rings. The molecule has 0 amide bonds. The van der Waals surface area contributed by atoms with Crippen LogP contribution in [0.2, 0.25) is 0 Å². The van der Waals surface area contributed by atoms with E-state index in [9.17, 15) is 5.11 Å². The van der Waals surface area contributed by atoms with Gasteiger partial charge in [0.15, 0.2) is 5.76 Å².